The van der Waals surface area contributed by atoms with Crippen LogP contribution in [-0.4, -0.2) is 42.9 Å². The molecule has 3 N–H and O–H groups in total. The number of nitrogens with one attached hydrogen (secondary N) is 2. The molecule has 0 aliphatic heterocycles. The summed E-state index contributed by atoms with van der Waals surface area (Å²) in [6.45, 7) is 7.60. The van der Waals surface area contributed by atoms with Gasteiger partial charge in [-0.15, -0.1) is 0 Å². The topological polar surface area (TPSA) is 87.7 Å². The third-order valence-electron chi connectivity index (χ3n) is 2.55. The van der Waals surface area contributed by atoms with Gasteiger partial charge in [0.25, 0.3) is 0 Å². The summed E-state index contributed by atoms with van der Waals surface area (Å²) in [6.07, 6.45) is 2.12. The highest BCUT2D eigenvalue weighted by molar-refractivity contribution is 5.82. The Morgan fingerprint density at radius 1 is 1.21 bits per heavy atom. The second-order valence-corrected chi connectivity index (χ2v) is 4.87. The number of rotatable bonds is 10. The van der Waals surface area contributed by atoms with E-state index in [4.69, 9.17) is 9.84 Å². The van der Waals surface area contributed by atoms with Crippen molar-refractivity contribution in [1.29, 1.82) is 0 Å². The highest BCUT2D eigenvalue weighted by Crippen LogP contribution is 1.98. The predicted octanol–water partition coefficient (Wildman–Crippen LogP) is 1.60. The quantitative estimate of drug-likeness (QED) is 0.528. The van der Waals surface area contributed by atoms with E-state index in [-0.39, 0.29) is 0 Å². The summed E-state index contributed by atoms with van der Waals surface area (Å²) in [5, 5.41) is 13.9. The summed E-state index contributed by atoms with van der Waals surface area (Å²) in [5.41, 5.74) is 0. The highest BCUT2D eigenvalue weighted by atomic mass is 16.5. The molecule has 112 valence electrons. The van der Waals surface area contributed by atoms with Crippen molar-refractivity contribution in [3.63, 3.8) is 0 Å². The van der Waals surface area contributed by atoms with Crippen molar-refractivity contribution in [3.8, 4) is 0 Å². The Kier molecular flexibility index (Phi) is 9.88. The molecule has 19 heavy (non-hydrogen) atoms. The minimum Gasteiger partial charge on any atom is -0.480 e. The Labute approximate surface area is 114 Å². The number of carboxylic acid groups (broad SMARTS) is 1. The van der Waals surface area contributed by atoms with Crippen LogP contribution in [0.25, 0.3) is 0 Å². The molecule has 6 heteroatoms. The van der Waals surface area contributed by atoms with Crippen LogP contribution in [0.4, 0.5) is 4.79 Å². The van der Waals surface area contributed by atoms with E-state index < -0.39 is 18.0 Å². The van der Waals surface area contributed by atoms with E-state index >= 15 is 0 Å². The van der Waals surface area contributed by atoms with Crippen LogP contribution in [0.1, 0.15) is 40.0 Å². The SMILES string of the molecule is CCC[C@H](NC(=O)NCCOCCC(C)C)C(=O)O. The molecule has 0 aliphatic rings. The van der Waals surface area contributed by atoms with Crippen molar-refractivity contribution < 1.29 is 19.4 Å². The zero-order valence-electron chi connectivity index (χ0n) is 12.1. The summed E-state index contributed by atoms with van der Waals surface area (Å²) in [7, 11) is 0. The van der Waals surface area contributed by atoms with Crippen LogP contribution < -0.4 is 10.6 Å². The zero-order chi connectivity index (χ0) is 14.7. The van der Waals surface area contributed by atoms with Crippen LogP contribution >= 0.6 is 0 Å². The number of urea groups is 1. The monoisotopic (exact) mass is 274 g/mol. The van der Waals surface area contributed by atoms with Crippen LogP contribution in [0.3, 0.4) is 0 Å². The molecule has 0 saturated carbocycles. The Morgan fingerprint density at radius 2 is 1.89 bits per heavy atom. The minimum absolute atomic E-state index is 0.377. The molecule has 0 fully saturated rings. The third-order valence-corrected chi connectivity index (χ3v) is 2.55. The van der Waals surface area contributed by atoms with Crippen molar-refractivity contribution >= 4 is 12.0 Å². The first kappa shape index (κ1) is 17.7. The highest BCUT2D eigenvalue weighted by Gasteiger charge is 2.18. The molecule has 1 atom stereocenters. The van der Waals surface area contributed by atoms with Crippen LogP contribution in [0.5, 0.6) is 0 Å². The third kappa shape index (κ3) is 10.3. The molecular weight excluding hydrogens is 248 g/mol. The first-order chi connectivity index (χ1) is 8.97. The Morgan fingerprint density at radius 3 is 2.42 bits per heavy atom. The van der Waals surface area contributed by atoms with E-state index in [0.717, 1.165) is 6.42 Å². The normalized spacial score (nSPS) is 12.2. The van der Waals surface area contributed by atoms with E-state index in [1.54, 1.807) is 0 Å². The van der Waals surface area contributed by atoms with Crippen LogP contribution in [0.15, 0.2) is 0 Å². The lowest BCUT2D eigenvalue weighted by Crippen LogP contribution is -2.46. The van der Waals surface area contributed by atoms with Crippen LogP contribution in [0.2, 0.25) is 0 Å². The first-order valence-electron chi connectivity index (χ1n) is 6.82. The van der Waals surface area contributed by atoms with Crippen molar-refractivity contribution in [1.82, 2.24) is 10.6 Å². The Balaban J connectivity index is 3.65. The molecule has 6 nitrogen and oxygen atoms in total. The summed E-state index contributed by atoms with van der Waals surface area (Å²) < 4.78 is 5.34. The fraction of sp³-hybridized carbons (Fsp3) is 0.846. The smallest absolute Gasteiger partial charge is 0.326 e. The van der Waals surface area contributed by atoms with Crippen molar-refractivity contribution in [2.45, 2.75) is 46.1 Å². The van der Waals surface area contributed by atoms with Gasteiger partial charge >= 0.3 is 12.0 Å². The number of aliphatic carboxylic acids is 1. The fourth-order valence-corrected chi connectivity index (χ4v) is 1.41. The molecule has 0 bridgehead atoms. The molecule has 0 spiro atoms. The lowest BCUT2D eigenvalue weighted by atomic mass is 10.1. The first-order valence-corrected chi connectivity index (χ1v) is 6.82. The van der Waals surface area contributed by atoms with Gasteiger partial charge in [0.2, 0.25) is 0 Å². The number of hydrogen-bond acceptors (Lipinski definition) is 3. The Bertz CT molecular complexity index is 269. The van der Waals surface area contributed by atoms with Gasteiger partial charge in [0.05, 0.1) is 6.61 Å². The van der Waals surface area contributed by atoms with Gasteiger partial charge in [0.1, 0.15) is 6.04 Å². The van der Waals surface area contributed by atoms with Crippen molar-refractivity contribution in [3.05, 3.63) is 0 Å². The summed E-state index contributed by atoms with van der Waals surface area (Å²) in [4.78, 5) is 22.3. The zero-order valence-corrected chi connectivity index (χ0v) is 12.1. The van der Waals surface area contributed by atoms with Gasteiger partial charge in [-0.3, -0.25) is 0 Å². The van der Waals surface area contributed by atoms with Gasteiger partial charge in [-0.2, -0.15) is 0 Å². The number of hydrogen-bond donors (Lipinski definition) is 3. The van der Waals surface area contributed by atoms with Gasteiger partial charge in [-0.25, -0.2) is 9.59 Å². The fourth-order valence-electron chi connectivity index (χ4n) is 1.41. The maximum absolute atomic E-state index is 11.4. The molecule has 0 radical (unpaired) electrons. The van der Waals surface area contributed by atoms with Crippen molar-refractivity contribution in [2.24, 2.45) is 5.92 Å². The second-order valence-electron chi connectivity index (χ2n) is 4.87. The average molecular weight is 274 g/mol. The van der Waals surface area contributed by atoms with Gasteiger partial charge < -0.3 is 20.5 Å². The standard InChI is InChI=1S/C13H26N2O4/c1-4-5-11(12(16)17)15-13(18)14-7-9-19-8-6-10(2)3/h10-11H,4-9H2,1-3H3,(H,16,17)(H2,14,15,18)/t11-/m0/s1. The van der Waals surface area contributed by atoms with E-state index in [2.05, 4.69) is 24.5 Å². The maximum Gasteiger partial charge on any atom is 0.326 e. The molecule has 0 aromatic rings. The second kappa shape index (κ2) is 10.6. The average Bonchev–Trinajstić information content (AvgIpc) is 2.32. The molecule has 0 rings (SSSR count). The lowest BCUT2D eigenvalue weighted by molar-refractivity contribution is -0.139. The largest absolute Gasteiger partial charge is 0.480 e. The van der Waals surface area contributed by atoms with Gasteiger partial charge in [0.15, 0.2) is 0 Å². The Hall–Kier alpha value is -1.30. The number of carbonyl (C=O) groups is 2. The number of carbonyl (C=O) groups excluding carboxylic acids is 1. The molecular formula is C13H26N2O4. The number of carboxylic acids is 1. The minimum atomic E-state index is -1.01. The summed E-state index contributed by atoms with van der Waals surface area (Å²) in [5.74, 6) is -0.410. The van der Waals surface area contributed by atoms with E-state index in [0.29, 0.717) is 38.5 Å². The van der Waals surface area contributed by atoms with E-state index in [1.807, 2.05) is 6.92 Å². The molecule has 0 aliphatic carbocycles. The van der Waals surface area contributed by atoms with Gasteiger partial charge in [-0.1, -0.05) is 27.2 Å². The van der Waals surface area contributed by atoms with Crippen LogP contribution in [0, 0.1) is 5.92 Å². The van der Waals surface area contributed by atoms with E-state index in [9.17, 15) is 9.59 Å². The molecule has 0 saturated heterocycles. The molecule has 0 aromatic heterocycles. The van der Waals surface area contributed by atoms with Crippen molar-refractivity contribution in [2.75, 3.05) is 19.8 Å². The number of ether oxygens (including phenoxy) is 1. The maximum atomic E-state index is 11.4. The molecule has 2 amide bonds. The van der Waals surface area contributed by atoms with Gasteiger partial charge in [-0.05, 0) is 18.8 Å². The summed E-state index contributed by atoms with van der Waals surface area (Å²) >= 11 is 0. The summed E-state index contributed by atoms with van der Waals surface area (Å²) in [6, 6.07) is -1.29. The molecule has 0 unspecified atom stereocenters. The van der Waals surface area contributed by atoms with Gasteiger partial charge in [0, 0.05) is 13.2 Å². The predicted molar refractivity (Wildman–Crippen MR) is 73.1 cm³/mol. The number of amides is 2. The molecule has 0 aromatic carbocycles. The molecule has 0 heterocycles. The van der Waals surface area contributed by atoms with E-state index in [1.165, 1.54) is 0 Å². The lowest BCUT2D eigenvalue weighted by Gasteiger charge is -2.14. The van der Waals surface area contributed by atoms with Crippen LogP contribution in [-0.2, 0) is 9.53 Å².